The fourth-order valence-corrected chi connectivity index (χ4v) is 3.66. The van der Waals surface area contributed by atoms with Crippen molar-refractivity contribution in [3.05, 3.63) is 57.3 Å². The summed E-state index contributed by atoms with van der Waals surface area (Å²) in [6.07, 6.45) is -19.2. The SMILES string of the molecule is Cc1cc(Br)c(-c2cc(C(F)(F)F)ccc2F)c(C(F)(C(F)(F)F)C(F)(F)C(F)(F)F)c1. The molecule has 2 rings (SSSR count). The molecular weight excluding hydrogens is 543 g/mol. The molecule has 14 heteroatoms. The number of benzene rings is 2. The van der Waals surface area contributed by atoms with Gasteiger partial charge in [-0.1, -0.05) is 22.0 Å². The fourth-order valence-electron chi connectivity index (χ4n) is 2.88. The van der Waals surface area contributed by atoms with Crippen molar-refractivity contribution in [2.24, 2.45) is 0 Å². The Balaban J connectivity index is 3.09. The number of halogens is 14. The van der Waals surface area contributed by atoms with E-state index in [-0.39, 0.29) is 24.3 Å². The Morgan fingerprint density at radius 2 is 1.25 bits per heavy atom. The van der Waals surface area contributed by atoms with Crippen molar-refractivity contribution in [2.45, 2.75) is 37.0 Å². The second-order valence-corrected chi connectivity index (χ2v) is 7.44. The van der Waals surface area contributed by atoms with E-state index in [4.69, 9.17) is 0 Å². The summed E-state index contributed by atoms with van der Waals surface area (Å²) in [5.74, 6) is -8.83. The van der Waals surface area contributed by atoms with Gasteiger partial charge in [-0.15, -0.1) is 0 Å². The van der Waals surface area contributed by atoms with E-state index in [2.05, 4.69) is 15.9 Å². The van der Waals surface area contributed by atoms with Crippen LogP contribution in [0.15, 0.2) is 34.8 Å². The van der Waals surface area contributed by atoms with E-state index in [1.54, 1.807) is 0 Å². The maximum Gasteiger partial charge on any atom is 0.457 e. The average molecular weight is 551 g/mol. The van der Waals surface area contributed by atoms with Crippen LogP contribution >= 0.6 is 15.9 Å². The lowest BCUT2D eigenvalue weighted by molar-refractivity contribution is -0.389. The summed E-state index contributed by atoms with van der Waals surface area (Å²) in [6, 6.07) is 0.839. The first-order chi connectivity index (χ1) is 14.2. The summed E-state index contributed by atoms with van der Waals surface area (Å²) in [5.41, 5.74) is -14.1. The molecule has 0 aliphatic carbocycles. The summed E-state index contributed by atoms with van der Waals surface area (Å²) < 4.78 is 175. The third-order valence-electron chi connectivity index (χ3n) is 4.35. The first-order valence-electron chi connectivity index (χ1n) is 8.04. The van der Waals surface area contributed by atoms with Crippen molar-refractivity contribution in [3.63, 3.8) is 0 Å². The van der Waals surface area contributed by atoms with Gasteiger partial charge in [0.15, 0.2) is 0 Å². The van der Waals surface area contributed by atoms with Crippen molar-refractivity contribution >= 4 is 15.9 Å². The fraction of sp³-hybridized carbons (Fsp3) is 0.333. The van der Waals surface area contributed by atoms with Crippen molar-refractivity contribution < 1.29 is 57.1 Å². The van der Waals surface area contributed by atoms with E-state index in [1.807, 2.05) is 0 Å². The first-order valence-corrected chi connectivity index (χ1v) is 8.83. The van der Waals surface area contributed by atoms with Gasteiger partial charge in [0.2, 0.25) is 0 Å². The van der Waals surface area contributed by atoms with Crippen molar-refractivity contribution in [1.82, 2.24) is 0 Å². The van der Waals surface area contributed by atoms with Crippen LogP contribution in [0.3, 0.4) is 0 Å². The zero-order valence-electron chi connectivity index (χ0n) is 15.2. The predicted octanol–water partition coefficient (Wildman–Crippen LogP) is 8.51. The quantitative estimate of drug-likeness (QED) is 0.336. The van der Waals surface area contributed by atoms with Crippen molar-refractivity contribution in [3.8, 4) is 11.1 Å². The molecule has 0 N–H and O–H groups in total. The Morgan fingerprint density at radius 3 is 1.69 bits per heavy atom. The average Bonchev–Trinajstić information content (AvgIpc) is 2.58. The van der Waals surface area contributed by atoms with Crippen LogP contribution in [0.1, 0.15) is 16.7 Å². The maximum absolute atomic E-state index is 15.1. The minimum absolute atomic E-state index is 0.0626. The standard InChI is InChI=1S/C18H8BrF13/c1-7-4-10(14(21,17(27,28)29)16(25,26)18(30,31)32)13(11(19)5-7)9-6-8(15(22,23)24)2-3-12(9)20/h2-6H,1H3. The summed E-state index contributed by atoms with van der Waals surface area (Å²) >= 11 is 2.51. The number of rotatable bonds is 3. The van der Waals surface area contributed by atoms with Gasteiger partial charge < -0.3 is 0 Å². The van der Waals surface area contributed by atoms with Gasteiger partial charge >= 0.3 is 30.1 Å². The lowest BCUT2D eigenvalue weighted by Gasteiger charge is -2.37. The van der Waals surface area contributed by atoms with Crippen LogP contribution in [0.25, 0.3) is 11.1 Å². The second kappa shape index (κ2) is 7.80. The van der Waals surface area contributed by atoms with Crippen LogP contribution in [0.5, 0.6) is 0 Å². The molecule has 0 aromatic heterocycles. The maximum atomic E-state index is 15.1. The van der Waals surface area contributed by atoms with E-state index in [9.17, 15) is 52.7 Å². The molecule has 0 spiro atoms. The summed E-state index contributed by atoms with van der Waals surface area (Å²) in [4.78, 5) is 0. The van der Waals surface area contributed by atoms with E-state index in [0.29, 0.717) is 0 Å². The van der Waals surface area contributed by atoms with Crippen LogP contribution in [-0.4, -0.2) is 18.3 Å². The van der Waals surface area contributed by atoms with Crippen LogP contribution in [-0.2, 0) is 11.8 Å². The summed E-state index contributed by atoms with van der Waals surface area (Å²) in [6.45, 7) is 0.892. The molecular formula is C18H8BrF13. The molecule has 0 bridgehead atoms. The molecule has 0 aliphatic heterocycles. The van der Waals surface area contributed by atoms with E-state index in [0.717, 1.165) is 13.0 Å². The largest absolute Gasteiger partial charge is 0.457 e. The Hall–Kier alpha value is -1.99. The molecule has 0 saturated carbocycles. The lowest BCUT2D eigenvalue weighted by atomic mass is 9.81. The molecule has 178 valence electrons. The monoisotopic (exact) mass is 550 g/mol. The Bertz CT molecular complexity index is 1020. The van der Waals surface area contributed by atoms with E-state index >= 15 is 4.39 Å². The lowest BCUT2D eigenvalue weighted by Crippen LogP contribution is -2.60. The Labute approximate surface area is 179 Å². The molecule has 0 heterocycles. The second-order valence-electron chi connectivity index (χ2n) is 6.59. The molecule has 1 unspecified atom stereocenters. The molecule has 0 amide bonds. The third-order valence-corrected chi connectivity index (χ3v) is 4.97. The third kappa shape index (κ3) is 4.17. The minimum atomic E-state index is -7.10. The number of hydrogen-bond acceptors (Lipinski definition) is 0. The molecule has 1 atom stereocenters. The molecule has 0 saturated heterocycles. The highest BCUT2D eigenvalue weighted by Gasteiger charge is 2.82. The van der Waals surface area contributed by atoms with Crippen LogP contribution in [0.2, 0.25) is 0 Å². The van der Waals surface area contributed by atoms with Gasteiger partial charge in [-0.25, -0.2) is 8.78 Å². The molecule has 32 heavy (non-hydrogen) atoms. The minimum Gasteiger partial charge on any atom is -0.221 e. The Morgan fingerprint density at radius 1 is 0.719 bits per heavy atom. The van der Waals surface area contributed by atoms with Crippen molar-refractivity contribution in [2.75, 3.05) is 0 Å². The van der Waals surface area contributed by atoms with Gasteiger partial charge in [-0.05, 0) is 36.8 Å². The topological polar surface area (TPSA) is 0 Å². The van der Waals surface area contributed by atoms with Crippen LogP contribution in [0, 0.1) is 12.7 Å². The smallest absolute Gasteiger partial charge is 0.221 e. The molecule has 0 fully saturated rings. The predicted molar refractivity (Wildman–Crippen MR) is 89.1 cm³/mol. The molecule has 2 aromatic rings. The van der Waals surface area contributed by atoms with Gasteiger partial charge in [0.05, 0.1) is 5.56 Å². The normalized spacial score (nSPS) is 15.6. The van der Waals surface area contributed by atoms with Gasteiger partial charge in [0, 0.05) is 21.2 Å². The van der Waals surface area contributed by atoms with Crippen LogP contribution < -0.4 is 0 Å². The van der Waals surface area contributed by atoms with Gasteiger partial charge in [0.1, 0.15) is 5.82 Å². The van der Waals surface area contributed by atoms with Gasteiger partial charge in [0.25, 0.3) is 0 Å². The molecule has 2 aromatic carbocycles. The molecule has 0 aliphatic rings. The highest BCUT2D eigenvalue weighted by atomic mass is 79.9. The molecule has 0 nitrogen and oxygen atoms in total. The van der Waals surface area contributed by atoms with Gasteiger partial charge in [-0.2, -0.15) is 48.3 Å². The van der Waals surface area contributed by atoms with Crippen molar-refractivity contribution in [1.29, 1.82) is 0 Å². The Kier molecular flexibility index (Phi) is 6.40. The first kappa shape index (κ1) is 26.3. The summed E-state index contributed by atoms with van der Waals surface area (Å²) in [7, 11) is 0. The molecule has 0 radical (unpaired) electrons. The van der Waals surface area contributed by atoms with Gasteiger partial charge in [-0.3, -0.25) is 0 Å². The zero-order chi connectivity index (χ0) is 25.1. The number of hydrogen-bond donors (Lipinski definition) is 0. The zero-order valence-corrected chi connectivity index (χ0v) is 16.8. The highest BCUT2D eigenvalue weighted by molar-refractivity contribution is 9.10. The highest BCUT2D eigenvalue weighted by Crippen LogP contribution is 2.60. The van der Waals surface area contributed by atoms with E-state index in [1.165, 1.54) is 0 Å². The number of aryl methyl sites for hydroxylation is 1. The van der Waals surface area contributed by atoms with Crippen LogP contribution in [0.4, 0.5) is 57.1 Å². The van der Waals surface area contributed by atoms with E-state index < -0.39 is 68.2 Å². The summed E-state index contributed by atoms with van der Waals surface area (Å²) in [5, 5.41) is 0. The number of alkyl halides is 12.